The Morgan fingerprint density at radius 1 is 0.711 bits per heavy atom. The molecule has 0 bridgehead atoms. The van der Waals surface area contributed by atoms with Crippen molar-refractivity contribution in [1.29, 1.82) is 0 Å². The van der Waals surface area contributed by atoms with Crippen LogP contribution in [0.2, 0.25) is 78.1 Å². The van der Waals surface area contributed by atoms with Gasteiger partial charge in [-0.1, -0.05) is 26.2 Å². The SMILES string of the molecule is C=[C-][Si](C)(C)OC.CO[Si](C)(C)C.C[CH-][Si](C)(C)OC.[CH-]=C[Si](C)(C)OC.[CH2-]C[Si](C)(C)OC.[W].[W].[W].[W]. The summed E-state index contributed by atoms with van der Waals surface area (Å²) < 4.78 is 25.5. The predicted molar refractivity (Wildman–Crippen MR) is 166 cm³/mol. The van der Waals surface area contributed by atoms with E-state index >= 15 is 0 Å². The Morgan fingerprint density at radius 2 is 1.05 bits per heavy atom. The van der Waals surface area contributed by atoms with Gasteiger partial charge in [-0.05, 0) is 45.8 Å². The molecule has 14 heteroatoms. The van der Waals surface area contributed by atoms with Crippen LogP contribution in [-0.2, 0) is 106 Å². The first-order valence-corrected chi connectivity index (χ1v) is 26.9. The van der Waals surface area contributed by atoms with Crippen LogP contribution in [-0.4, -0.2) is 77.1 Å². The molecule has 5 nitrogen and oxygen atoms in total. The number of rotatable bonds is 9. The van der Waals surface area contributed by atoms with E-state index in [2.05, 4.69) is 78.0 Å². The largest absolute Gasteiger partial charge is 0.520 e. The van der Waals surface area contributed by atoms with E-state index in [4.69, 9.17) is 28.7 Å². The summed E-state index contributed by atoms with van der Waals surface area (Å²) in [6.07, 6.45) is 0. The van der Waals surface area contributed by atoms with E-state index < -0.39 is 41.6 Å². The molecule has 0 spiro atoms. The van der Waals surface area contributed by atoms with Crippen molar-refractivity contribution < 1.29 is 106 Å². The van der Waals surface area contributed by atoms with Crippen molar-refractivity contribution in [2.45, 2.75) is 85.0 Å². The Morgan fingerprint density at radius 3 is 1.05 bits per heavy atom. The van der Waals surface area contributed by atoms with Gasteiger partial charge in [-0.2, -0.15) is 13.0 Å². The van der Waals surface area contributed by atoms with Crippen molar-refractivity contribution in [3.8, 4) is 0 Å². The van der Waals surface area contributed by atoms with Gasteiger partial charge in [0, 0.05) is 136 Å². The minimum atomic E-state index is -1.51. The van der Waals surface area contributed by atoms with Crippen LogP contribution >= 0.6 is 0 Å². The summed E-state index contributed by atoms with van der Waals surface area (Å²) >= 11 is 0. The van der Waals surface area contributed by atoms with Crippen molar-refractivity contribution in [2.75, 3.05) is 35.5 Å². The van der Waals surface area contributed by atoms with Gasteiger partial charge in [0.05, 0.1) is 0 Å². The molecule has 234 valence electrons. The molecule has 38 heavy (non-hydrogen) atoms. The van der Waals surface area contributed by atoms with E-state index in [0.717, 1.165) is 6.04 Å². The van der Waals surface area contributed by atoms with Crippen LogP contribution in [0.5, 0.6) is 0 Å². The molecular formula is C24H60O5Si5W4-4. The van der Waals surface area contributed by atoms with Gasteiger partial charge in [-0.3, -0.25) is 12.3 Å². The van der Waals surface area contributed by atoms with E-state index in [0.29, 0.717) is 0 Å². The fourth-order valence-corrected chi connectivity index (χ4v) is 1.08. The van der Waals surface area contributed by atoms with E-state index in [1.807, 2.05) is 26.2 Å². The number of hydrogen-bond donors (Lipinski definition) is 0. The molecular weight excluding hydrogens is 1240 g/mol. The van der Waals surface area contributed by atoms with Gasteiger partial charge in [0.2, 0.25) is 0 Å². The zero-order chi connectivity index (χ0) is 28.9. The summed E-state index contributed by atoms with van der Waals surface area (Å²) in [5, 5.41) is 0. The average Bonchev–Trinajstić information content (AvgIpc) is 2.80. The molecule has 0 rings (SSSR count). The zero-order valence-electron chi connectivity index (χ0n) is 27.5. The van der Waals surface area contributed by atoms with Gasteiger partial charge in [0.1, 0.15) is 0 Å². The van der Waals surface area contributed by atoms with Crippen LogP contribution in [0.4, 0.5) is 0 Å². The van der Waals surface area contributed by atoms with Gasteiger partial charge >= 0.3 is 0 Å². The van der Waals surface area contributed by atoms with Crippen LogP contribution in [0.3, 0.4) is 0 Å². The standard InChI is InChI=1S/2C5H13OSi.2C5H11OSi.C4H12OSi.4W/c4*1-5-7(3,4)6-2;1-5-6(2,3)4;;;;/h5H,1-4H3;1,5H2,2-4H3;1H2,2-4H3;1,5H,2-4H3;1-4H3;;;;/q4*-1;;;;;. The Hall–Kier alpha value is 3.12. The Labute approximate surface area is 302 Å². The normalized spacial score (nSPS) is 10.5. The predicted octanol–water partition coefficient (Wildman–Crippen LogP) is 7.46. The molecule has 0 aromatic heterocycles. The first kappa shape index (κ1) is 64.2. The zero-order valence-corrected chi connectivity index (χ0v) is 44.3. The van der Waals surface area contributed by atoms with Crippen LogP contribution in [0.25, 0.3) is 0 Å². The van der Waals surface area contributed by atoms with Crippen LogP contribution in [0.1, 0.15) is 6.92 Å². The van der Waals surface area contributed by atoms with Gasteiger partial charge in [0.25, 0.3) is 0 Å². The van der Waals surface area contributed by atoms with Crippen molar-refractivity contribution in [3.05, 3.63) is 37.5 Å². The summed E-state index contributed by atoms with van der Waals surface area (Å²) in [7, 11) is 2.01. The summed E-state index contributed by atoms with van der Waals surface area (Å²) in [5.74, 6) is 0. The van der Waals surface area contributed by atoms with Crippen LogP contribution < -0.4 is 0 Å². The molecule has 0 fully saturated rings. The molecule has 0 heterocycles. The number of hydrogen-bond acceptors (Lipinski definition) is 5. The summed E-state index contributed by atoms with van der Waals surface area (Å²) in [6.45, 7) is 37.8. The molecule has 0 atom stereocenters. The fourth-order valence-electron chi connectivity index (χ4n) is 0.360. The van der Waals surface area contributed by atoms with Gasteiger partial charge in [-0.25, -0.2) is 0 Å². The molecule has 0 saturated heterocycles. The summed E-state index contributed by atoms with van der Waals surface area (Å²) in [4.78, 5) is 0. The van der Waals surface area contributed by atoms with Crippen molar-refractivity contribution in [2.24, 2.45) is 0 Å². The van der Waals surface area contributed by atoms with Crippen LogP contribution in [0.15, 0.2) is 12.3 Å². The molecule has 0 aromatic rings. The van der Waals surface area contributed by atoms with E-state index in [1.54, 1.807) is 41.2 Å². The average molecular weight is 1300 g/mol. The Kier molecular flexibility index (Phi) is 58.4. The maximum absolute atomic E-state index is 5.23. The first-order valence-electron chi connectivity index (χ1n) is 11.5. The van der Waals surface area contributed by atoms with E-state index in [9.17, 15) is 0 Å². The van der Waals surface area contributed by atoms with Crippen LogP contribution in [0, 0.1) is 25.2 Å². The van der Waals surface area contributed by atoms with E-state index in [-0.39, 0.29) is 84.3 Å². The smallest absolute Gasteiger partial charge is 0.183 e. The molecule has 0 N–H and O–H groups in total. The molecule has 0 aromatic carbocycles. The second-order valence-electron chi connectivity index (χ2n) is 10.5. The molecule has 0 aliphatic carbocycles. The molecule has 0 aliphatic heterocycles. The maximum atomic E-state index is 5.23. The minimum absolute atomic E-state index is 0. The Balaban J connectivity index is -0.0000000385. The second kappa shape index (κ2) is 34.6. The molecule has 0 saturated carbocycles. The second-order valence-corrected chi connectivity index (χ2v) is 31.5. The molecule has 0 unspecified atom stereocenters. The van der Waals surface area contributed by atoms with Gasteiger partial charge in [0.15, 0.2) is 25.0 Å². The van der Waals surface area contributed by atoms with Crippen molar-refractivity contribution >= 4 is 41.6 Å². The topological polar surface area (TPSA) is 46.2 Å². The third kappa shape index (κ3) is 62.7. The molecule has 0 aliphatic rings. The quantitative estimate of drug-likeness (QED) is 0.178. The monoisotopic (exact) mass is 1300 g/mol. The minimum Gasteiger partial charge on any atom is -0.520 e. The maximum Gasteiger partial charge on any atom is 0.183 e. The summed E-state index contributed by atoms with van der Waals surface area (Å²) in [6, 6.07) is 3.12. The van der Waals surface area contributed by atoms with Crippen molar-refractivity contribution in [1.82, 2.24) is 0 Å². The van der Waals surface area contributed by atoms with E-state index in [1.165, 1.54) is 0 Å². The third-order valence-electron chi connectivity index (χ3n) is 4.85. The molecule has 0 radical (unpaired) electrons. The van der Waals surface area contributed by atoms with Crippen molar-refractivity contribution in [3.63, 3.8) is 0 Å². The fraction of sp³-hybridized carbons (Fsp3) is 0.750. The third-order valence-corrected chi connectivity index (χ3v) is 14.6. The Bertz CT molecular complexity index is 447. The first-order chi connectivity index (χ1) is 15.0. The molecule has 0 amide bonds. The summed E-state index contributed by atoms with van der Waals surface area (Å²) in [5.41, 5.74) is 4.52. The van der Waals surface area contributed by atoms with Gasteiger partial charge < -0.3 is 47.4 Å². The van der Waals surface area contributed by atoms with Gasteiger partial charge in [-0.15, -0.1) is 0 Å².